The van der Waals surface area contributed by atoms with Crippen LogP contribution in [-0.4, -0.2) is 98.4 Å². The number of carbonyl (C=O) groups is 2. The fraction of sp³-hybridized carbons (Fsp3) is 0.478. The fourth-order valence-corrected chi connectivity index (χ4v) is 3.86. The van der Waals surface area contributed by atoms with Gasteiger partial charge in [0.25, 0.3) is 6.29 Å². The molecular weight excluding hydrogens is 466 g/mol. The van der Waals surface area contributed by atoms with Crippen LogP contribution in [0.15, 0.2) is 35.6 Å². The molecule has 1 heterocycles. The molecule has 12 heteroatoms. The monoisotopic (exact) mass is 495 g/mol. The third-order valence-electron chi connectivity index (χ3n) is 5.84. The summed E-state index contributed by atoms with van der Waals surface area (Å²) in [4.78, 5) is 24.0. The number of ketones is 1. The van der Waals surface area contributed by atoms with Crippen molar-refractivity contribution < 1.29 is 54.4 Å². The molecule has 0 spiro atoms. The van der Waals surface area contributed by atoms with Crippen LogP contribution >= 0.6 is 0 Å². The third-order valence-corrected chi connectivity index (χ3v) is 5.84. The van der Waals surface area contributed by atoms with Crippen molar-refractivity contribution in [1.82, 2.24) is 5.32 Å². The number of ether oxygens (including phenoxy) is 3. The van der Waals surface area contributed by atoms with E-state index in [2.05, 4.69) is 5.32 Å². The zero-order valence-electron chi connectivity index (χ0n) is 19.2. The molecule has 1 aromatic rings. The van der Waals surface area contributed by atoms with E-state index < -0.39 is 54.9 Å². The summed E-state index contributed by atoms with van der Waals surface area (Å²) in [7, 11) is 1.21. The lowest BCUT2D eigenvalue weighted by molar-refractivity contribution is -0.199. The van der Waals surface area contributed by atoms with Crippen LogP contribution in [0.4, 0.5) is 0 Å². The van der Waals surface area contributed by atoms with Gasteiger partial charge in [-0.15, -0.1) is 0 Å². The van der Waals surface area contributed by atoms with Crippen LogP contribution in [0.3, 0.4) is 0 Å². The fourth-order valence-electron chi connectivity index (χ4n) is 3.86. The number of phenols is 1. The second kappa shape index (κ2) is 10.7. The lowest BCUT2D eigenvalue weighted by Gasteiger charge is -2.43. The Bertz CT molecular complexity index is 1010. The standard InChI is InChI=1S/C23H29NO11/c1-9(22(32)24-16-17(28)19(30)21(33-3)20(31)18(16)29)6-11-4-5-14(12(26)7-11)34-23-13(27)8-15(35-23)10(2)25/h4-8,13,16-21,23,26-31H,1-3H3,(H,24,32)/b9-6+/t13-,16?,17-,18+,19+,20-,21?,23+/m0/s1. The van der Waals surface area contributed by atoms with Crippen molar-refractivity contribution in [2.75, 3.05) is 7.11 Å². The molecule has 0 radical (unpaired) electrons. The lowest BCUT2D eigenvalue weighted by atomic mass is 9.83. The summed E-state index contributed by atoms with van der Waals surface area (Å²) in [5, 5.41) is 63.4. The molecule has 8 atom stereocenters. The minimum absolute atomic E-state index is 0.0318. The predicted molar refractivity (Wildman–Crippen MR) is 119 cm³/mol. The van der Waals surface area contributed by atoms with E-state index >= 15 is 0 Å². The second-order valence-electron chi connectivity index (χ2n) is 8.40. The van der Waals surface area contributed by atoms with E-state index in [0.717, 1.165) is 0 Å². The average Bonchev–Trinajstić information content (AvgIpc) is 3.18. The van der Waals surface area contributed by atoms with Crippen LogP contribution in [0.2, 0.25) is 0 Å². The van der Waals surface area contributed by atoms with E-state index in [4.69, 9.17) is 14.2 Å². The lowest BCUT2D eigenvalue weighted by Crippen LogP contribution is -2.68. The van der Waals surface area contributed by atoms with Gasteiger partial charge < -0.3 is 50.2 Å². The Labute approximate surface area is 200 Å². The minimum atomic E-state index is -1.60. The molecule has 1 aromatic carbocycles. The Kier molecular flexibility index (Phi) is 8.15. The smallest absolute Gasteiger partial charge is 0.270 e. The number of aliphatic hydroxyl groups is 5. The highest BCUT2D eigenvalue weighted by Gasteiger charge is 2.49. The van der Waals surface area contributed by atoms with Gasteiger partial charge in [-0.05, 0) is 36.8 Å². The van der Waals surface area contributed by atoms with Crippen molar-refractivity contribution in [3.63, 3.8) is 0 Å². The third kappa shape index (κ3) is 5.64. The van der Waals surface area contributed by atoms with Crippen molar-refractivity contribution in [1.29, 1.82) is 0 Å². The highest BCUT2D eigenvalue weighted by atomic mass is 16.7. The Morgan fingerprint density at radius 2 is 1.66 bits per heavy atom. The number of nitrogens with one attached hydrogen (secondary N) is 1. The molecule has 192 valence electrons. The first-order valence-corrected chi connectivity index (χ1v) is 10.8. The van der Waals surface area contributed by atoms with Crippen LogP contribution < -0.4 is 10.1 Å². The Balaban J connectivity index is 1.67. The van der Waals surface area contributed by atoms with Crippen LogP contribution in [0.5, 0.6) is 11.5 Å². The van der Waals surface area contributed by atoms with E-state index in [1.807, 2.05) is 0 Å². The van der Waals surface area contributed by atoms with E-state index in [-0.39, 0.29) is 28.6 Å². The summed E-state index contributed by atoms with van der Waals surface area (Å²) in [5.41, 5.74) is 0.516. The first-order valence-electron chi connectivity index (χ1n) is 10.8. The number of phenolic OH excluding ortho intramolecular Hbond substituents is 1. The maximum atomic E-state index is 12.6. The molecule has 3 rings (SSSR count). The predicted octanol–water partition coefficient (Wildman–Crippen LogP) is -1.68. The molecule has 1 amide bonds. The maximum Gasteiger partial charge on any atom is 0.270 e. The largest absolute Gasteiger partial charge is 0.504 e. The van der Waals surface area contributed by atoms with Gasteiger partial charge in [0.05, 0.1) is 6.04 Å². The number of Topliss-reactive ketones (excluding diaryl/α,β-unsaturated/α-hetero) is 1. The van der Waals surface area contributed by atoms with Crippen molar-refractivity contribution in [3.05, 3.63) is 41.2 Å². The van der Waals surface area contributed by atoms with Gasteiger partial charge in [0.15, 0.2) is 23.0 Å². The summed E-state index contributed by atoms with van der Waals surface area (Å²) in [5.74, 6) is -1.49. The van der Waals surface area contributed by atoms with E-state index in [9.17, 15) is 40.2 Å². The summed E-state index contributed by atoms with van der Waals surface area (Å²) in [6.45, 7) is 2.72. The van der Waals surface area contributed by atoms with Crippen molar-refractivity contribution in [3.8, 4) is 11.5 Å². The van der Waals surface area contributed by atoms with Crippen molar-refractivity contribution in [2.45, 2.75) is 62.8 Å². The molecule has 1 aliphatic carbocycles. The number of allylic oxidation sites excluding steroid dienone is 1. The molecule has 35 heavy (non-hydrogen) atoms. The molecule has 0 saturated heterocycles. The van der Waals surface area contributed by atoms with E-state index in [1.165, 1.54) is 51.3 Å². The number of hydrogen-bond acceptors (Lipinski definition) is 11. The molecule has 2 aliphatic rings. The van der Waals surface area contributed by atoms with Crippen molar-refractivity contribution in [2.24, 2.45) is 0 Å². The Morgan fingerprint density at radius 3 is 2.17 bits per heavy atom. The van der Waals surface area contributed by atoms with Crippen molar-refractivity contribution >= 4 is 17.8 Å². The van der Waals surface area contributed by atoms with Gasteiger partial charge in [0.2, 0.25) is 5.91 Å². The van der Waals surface area contributed by atoms with E-state index in [0.29, 0.717) is 5.56 Å². The number of hydrogen-bond donors (Lipinski definition) is 7. The quantitative estimate of drug-likeness (QED) is 0.214. The topological polar surface area (TPSA) is 195 Å². The molecule has 1 saturated carbocycles. The zero-order valence-corrected chi connectivity index (χ0v) is 19.2. The second-order valence-corrected chi connectivity index (χ2v) is 8.40. The highest BCUT2D eigenvalue weighted by Crippen LogP contribution is 2.31. The van der Waals surface area contributed by atoms with Gasteiger partial charge in [-0.1, -0.05) is 6.07 Å². The van der Waals surface area contributed by atoms with Crippen LogP contribution in [0.25, 0.3) is 6.08 Å². The summed E-state index contributed by atoms with van der Waals surface area (Å²) >= 11 is 0. The molecule has 12 nitrogen and oxygen atoms in total. The summed E-state index contributed by atoms with van der Waals surface area (Å²) in [6, 6.07) is 2.81. The van der Waals surface area contributed by atoms with Gasteiger partial charge in [0, 0.05) is 19.6 Å². The summed E-state index contributed by atoms with van der Waals surface area (Å²) < 4.78 is 15.5. The Hall–Kier alpha value is -3.00. The number of carbonyl (C=O) groups excluding carboxylic acids is 2. The summed E-state index contributed by atoms with van der Waals surface area (Å²) in [6.07, 6.45) is -7.31. The molecule has 2 unspecified atom stereocenters. The number of rotatable bonds is 7. The van der Waals surface area contributed by atoms with Crippen LogP contribution in [0, 0.1) is 0 Å². The van der Waals surface area contributed by atoms with E-state index in [1.54, 1.807) is 0 Å². The van der Waals surface area contributed by atoms with Gasteiger partial charge in [0.1, 0.15) is 36.6 Å². The number of amides is 1. The molecule has 0 bridgehead atoms. The molecule has 1 aliphatic heterocycles. The number of methoxy groups -OCH3 is 1. The molecule has 1 fully saturated rings. The van der Waals surface area contributed by atoms with Crippen LogP contribution in [-0.2, 0) is 19.1 Å². The molecular formula is C23H29NO11. The van der Waals surface area contributed by atoms with Gasteiger partial charge >= 0.3 is 0 Å². The minimum Gasteiger partial charge on any atom is -0.504 e. The van der Waals surface area contributed by atoms with Gasteiger partial charge in [-0.25, -0.2) is 0 Å². The Morgan fingerprint density at radius 1 is 1.03 bits per heavy atom. The average molecular weight is 495 g/mol. The zero-order chi connectivity index (χ0) is 26.0. The van der Waals surface area contributed by atoms with Gasteiger partial charge in [-0.3, -0.25) is 9.59 Å². The van der Waals surface area contributed by atoms with Crippen LogP contribution in [0.1, 0.15) is 19.4 Å². The first kappa shape index (κ1) is 26.6. The number of benzene rings is 1. The molecule has 7 N–H and O–H groups in total. The maximum absolute atomic E-state index is 12.6. The number of aliphatic hydroxyl groups excluding tert-OH is 5. The number of aromatic hydroxyl groups is 1. The van der Waals surface area contributed by atoms with Gasteiger partial charge in [-0.2, -0.15) is 0 Å². The normalized spacial score (nSPS) is 33.0. The molecule has 0 aromatic heterocycles. The highest BCUT2D eigenvalue weighted by molar-refractivity contribution is 5.97. The SMILES string of the molecule is COC1[C@@H](O)[C@H](O)C(NC(=O)/C(C)=C/c2ccc(O[C@@H]3OC(C(C)=O)=C[C@@H]3O)c(O)c2)[C@H](O)[C@H]1O. The first-order chi connectivity index (χ1) is 16.4.